The van der Waals surface area contributed by atoms with Crippen LogP contribution in [0.1, 0.15) is 48.9 Å². The van der Waals surface area contributed by atoms with E-state index in [-0.39, 0.29) is 11.5 Å². The fourth-order valence-electron chi connectivity index (χ4n) is 3.62. The van der Waals surface area contributed by atoms with Crippen molar-refractivity contribution in [1.29, 1.82) is 0 Å². The first kappa shape index (κ1) is 20.2. The number of thioether (sulfide) groups is 1. The molecule has 1 amide bonds. The van der Waals surface area contributed by atoms with Crippen LogP contribution in [0.5, 0.6) is 0 Å². The van der Waals surface area contributed by atoms with E-state index in [1.165, 1.54) is 28.6 Å². The number of anilines is 1. The molecule has 0 radical (unpaired) electrons. The number of aromatic nitrogens is 4. The number of H-pyrrole nitrogens is 1. The van der Waals surface area contributed by atoms with Crippen molar-refractivity contribution in [2.75, 3.05) is 11.1 Å². The molecule has 0 unspecified atom stereocenters. The van der Waals surface area contributed by atoms with E-state index in [0.717, 1.165) is 54.7 Å². The Labute approximate surface area is 177 Å². The van der Waals surface area contributed by atoms with Crippen molar-refractivity contribution < 1.29 is 4.79 Å². The van der Waals surface area contributed by atoms with Crippen molar-refractivity contribution in [2.24, 2.45) is 0 Å². The fourth-order valence-corrected chi connectivity index (χ4v) is 5.59. The molecular weight excluding hydrogens is 406 g/mol. The Morgan fingerprint density at radius 2 is 2.24 bits per heavy atom. The van der Waals surface area contributed by atoms with E-state index in [0.29, 0.717) is 17.3 Å². The molecule has 0 bridgehead atoms. The molecule has 0 atom stereocenters. The van der Waals surface area contributed by atoms with Gasteiger partial charge >= 0.3 is 0 Å². The Morgan fingerprint density at radius 1 is 1.38 bits per heavy atom. The summed E-state index contributed by atoms with van der Waals surface area (Å²) in [7, 11) is 0. The highest BCUT2D eigenvalue weighted by molar-refractivity contribution is 7.99. The molecule has 3 heterocycles. The number of hydrogen-bond donors (Lipinski definition) is 2. The standard InChI is InChI=1S/C20H25N5O2S2/c1-2-3-10-25-16(8-9-21-25)24-17(26)12-28-11-15-22-19(27)18-13-6-4-5-7-14(13)29-20(18)23-15/h8-9H,2-7,10-12H2,1H3,(H,24,26)(H,22,23,27). The monoisotopic (exact) mass is 431 g/mol. The smallest absolute Gasteiger partial charge is 0.259 e. The van der Waals surface area contributed by atoms with Crippen molar-refractivity contribution >= 4 is 45.0 Å². The van der Waals surface area contributed by atoms with Crippen molar-refractivity contribution in [3.8, 4) is 0 Å². The number of rotatable bonds is 8. The third kappa shape index (κ3) is 4.56. The van der Waals surface area contributed by atoms with Gasteiger partial charge in [-0.25, -0.2) is 9.67 Å². The van der Waals surface area contributed by atoms with E-state index in [9.17, 15) is 9.59 Å². The third-order valence-electron chi connectivity index (χ3n) is 5.05. The number of nitrogens with zero attached hydrogens (tertiary/aromatic N) is 3. The maximum atomic E-state index is 12.6. The van der Waals surface area contributed by atoms with E-state index in [1.807, 2.05) is 10.7 Å². The van der Waals surface area contributed by atoms with Crippen LogP contribution in [0.4, 0.5) is 5.82 Å². The molecule has 1 aliphatic carbocycles. The van der Waals surface area contributed by atoms with Crippen LogP contribution in [0.2, 0.25) is 0 Å². The molecule has 0 saturated heterocycles. The highest BCUT2D eigenvalue weighted by Crippen LogP contribution is 2.33. The van der Waals surface area contributed by atoms with E-state index in [1.54, 1.807) is 17.5 Å². The molecule has 9 heteroatoms. The van der Waals surface area contributed by atoms with Crippen LogP contribution in [-0.4, -0.2) is 31.4 Å². The number of aryl methyl sites for hydroxylation is 3. The molecule has 154 valence electrons. The molecule has 0 aromatic carbocycles. The Hall–Kier alpha value is -2.13. The maximum Gasteiger partial charge on any atom is 0.259 e. The molecule has 3 aromatic heterocycles. The van der Waals surface area contributed by atoms with E-state index >= 15 is 0 Å². The van der Waals surface area contributed by atoms with Crippen molar-refractivity contribution in [3.05, 3.63) is 38.9 Å². The molecule has 4 rings (SSSR count). The second kappa shape index (κ2) is 9.13. The van der Waals surface area contributed by atoms with Gasteiger partial charge in [-0.3, -0.25) is 9.59 Å². The lowest BCUT2D eigenvalue weighted by atomic mass is 9.97. The largest absolute Gasteiger partial charge is 0.310 e. The predicted octanol–water partition coefficient (Wildman–Crippen LogP) is 3.73. The summed E-state index contributed by atoms with van der Waals surface area (Å²) in [6.45, 7) is 2.92. The fraction of sp³-hybridized carbons (Fsp3) is 0.500. The minimum absolute atomic E-state index is 0.0470. The lowest BCUT2D eigenvalue weighted by Crippen LogP contribution is -2.18. The summed E-state index contributed by atoms with van der Waals surface area (Å²) in [5.74, 6) is 2.06. The summed E-state index contributed by atoms with van der Waals surface area (Å²) in [6.07, 6.45) is 8.15. The first-order chi connectivity index (χ1) is 14.2. The average Bonchev–Trinajstić information content (AvgIpc) is 3.30. The second-order valence-corrected chi connectivity index (χ2v) is 9.31. The van der Waals surface area contributed by atoms with Crippen LogP contribution in [0, 0.1) is 0 Å². The highest BCUT2D eigenvalue weighted by Gasteiger charge is 2.19. The lowest BCUT2D eigenvalue weighted by Gasteiger charge is -2.09. The molecule has 29 heavy (non-hydrogen) atoms. The number of thiophene rings is 1. The minimum Gasteiger partial charge on any atom is -0.310 e. The van der Waals surface area contributed by atoms with Gasteiger partial charge in [-0.1, -0.05) is 13.3 Å². The van der Waals surface area contributed by atoms with Crippen LogP contribution in [0.25, 0.3) is 10.2 Å². The number of carbonyl (C=O) groups is 1. The Kier molecular flexibility index (Phi) is 6.34. The zero-order valence-electron chi connectivity index (χ0n) is 16.5. The van der Waals surface area contributed by atoms with Crippen molar-refractivity contribution in [3.63, 3.8) is 0 Å². The van der Waals surface area contributed by atoms with E-state index in [4.69, 9.17) is 0 Å². The summed E-state index contributed by atoms with van der Waals surface area (Å²) >= 11 is 3.09. The molecule has 7 nitrogen and oxygen atoms in total. The van der Waals surface area contributed by atoms with Crippen molar-refractivity contribution in [2.45, 2.75) is 57.7 Å². The Bertz CT molecular complexity index is 1070. The number of aromatic amines is 1. The van der Waals surface area contributed by atoms with Gasteiger partial charge in [0, 0.05) is 17.5 Å². The van der Waals surface area contributed by atoms with Crippen LogP contribution in [-0.2, 0) is 29.9 Å². The summed E-state index contributed by atoms with van der Waals surface area (Å²) in [4.78, 5) is 34.6. The Morgan fingerprint density at radius 3 is 3.10 bits per heavy atom. The molecular formula is C20H25N5O2S2. The number of carbonyl (C=O) groups excluding carboxylic acids is 1. The van der Waals surface area contributed by atoms with Gasteiger partial charge in [0.15, 0.2) is 0 Å². The molecule has 0 saturated carbocycles. The molecule has 0 fully saturated rings. The van der Waals surface area contributed by atoms with Gasteiger partial charge in [0.05, 0.1) is 23.1 Å². The van der Waals surface area contributed by atoms with Crippen molar-refractivity contribution in [1.82, 2.24) is 19.7 Å². The maximum absolute atomic E-state index is 12.6. The predicted molar refractivity (Wildman–Crippen MR) is 119 cm³/mol. The minimum atomic E-state index is -0.0803. The number of amides is 1. The zero-order valence-corrected chi connectivity index (χ0v) is 18.1. The van der Waals surface area contributed by atoms with Crippen LogP contribution in [0.3, 0.4) is 0 Å². The second-order valence-electron chi connectivity index (χ2n) is 7.24. The van der Waals surface area contributed by atoms with Crippen LogP contribution < -0.4 is 10.9 Å². The SMILES string of the molecule is CCCCn1nccc1NC(=O)CSCc1nc2sc3c(c2c(=O)[nH]1)CCCC3. The van der Waals surface area contributed by atoms with E-state index < -0.39 is 0 Å². The van der Waals surface area contributed by atoms with Gasteiger partial charge in [-0.05, 0) is 37.7 Å². The molecule has 1 aliphatic rings. The highest BCUT2D eigenvalue weighted by atomic mass is 32.2. The van der Waals surface area contributed by atoms with Crippen LogP contribution in [0.15, 0.2) is 17.1 Å². The first-order valence-corrected chi connectivity index (χ1v) is 12.1. The summed E-state index contributed by atoms with van der Waals surface area (Å²) in [5, 5.41) is 7.93. The van der Waals surface area contributed by atoms with Crippen LogP contribution >= 0.6 is 23.1 Å². The van der Waals surface area contributed by atoms with Gasteiger partial charge in [-0.15, -0.1) is 23.1 Å². The number of fused-ring (bicyclic) bond motifs is 3. The van der Waals surface area contributed by atoms with Gasteiger partial charge in [0.2, 0.25) is 5.91 Å². The zero-order chi connectivity index (χ0) is 20.2. The number of nitrogens with one attached hydrogen (secondary N) is 2. The average molecular weight is 432 g/mol. The quantitative estimate of drug-likeness (QED) is 0.567. The summed E-state index contributed by atoms with van der Waals surface area (Å²) in [6, 6.07) is 1.81. The lowest BCUT2D eigenvalue weighted by molar-refractivity contribution is -0.113. The summed E-state index contributed by atoms with van der Waals surface area (Å²) < 4.78 is 1.82. The van der Waals surface area contributed by atoms with Gasteiger partial charge in [0.1, 0.15) is 16.5 Å². The topological polar surface area (TPSA) is 92.7 Å². The normalized spacial score (nSPS) is 13.6. The molecule has 3 aromatic rings. The van der Waals surface area contributed by atoms with Gasteiger partial charge in [-0.2, -0.15) is 5.10 Å². The number of hydrogen-bond acceptors (Lipinski definition) is 6. The van der Waals surface area contributed by atoms with Gasteiger partial charge in [0.25, 0.3) is 5.56 Å². The number of unbranched alkanes of at least 4 members (excludes halogenated alkanes) is 1. The van der Waals surface area contributed by atoms with E-state index in [2.05, 4.69) is 27.3 Å². The molecule has 2 N–H and O–H groups in total. The molecule has 0 aliphatic heterocycles. The summed E-state index contributed by atoms with van der Waals surface area (Å²) in [5.41, 5.74) is 1.15. The molecule has 0 spiro atoms. The first-order valence-electron chi connectivity index (χ1n) is 10.1. The third-order valence-corrected chi connectivity index (χ3v) is 7.18. The Balaban J connectivity index is 1.36. The van der Waals surface area contributed by atoms with Gasteiger partial charge < -0.3 is 10.3 Å².